The van der Waals surface area contributed by atoms with Crippen molar-refractivity contribution in [3.63, 3.8) is 0 Å². The van der Waals surface area contributed by atoms with Crippen LogP contribution in [0.15, 0.2) is 0 Å². The van der Waals surface area contributed by atoms with Gasteiger partial charge in [-0.2, -0.15) is 0 Å². The summed E-state index contributed by atoms with van der Waals surface area (Å²) in [5.41, 5.74) is -0.0507. The zero-order chi connectivity index (χ0) is 15.1. The van der Waals surface area contributed by atoms with Crippen LogP contribution in [0.2, 0.25) is 0 Å². The molecule has 0 aromatic rings. The second-order valence-electron chi connectivity index (χ2n) is 5.69. The fourth-order valence-corrected chi connectivity index (χ4v) is 1.49. The maximum atomic E-state index is 11.8. The van der Waals surface area contributed by atoms with Crippen LogP contribution in [-0.2, 0) is 9.53 Å². The highest BCUT2D eigenvalue weighted by molar-refractivity contribution is 5.75. The Morgan fingerprint density at radius 3 is 2.47 bits per heavy atom. The average Bonchev–Trinajstić information content (AvgIpc) is 2.33. The summed E-state index contributed by atoms with van der Waals surface area (Å²) in [6, 6.07) is -0.251. The predicted molar refractivity (Wildman–Crippen MR) is 73.1 cm³/mol. The molecule has 0 bridgehead atoms. The molecule has 0 rings (SSSR count). The Balaban J connectivity index is 4.12. The highest BCUT2D eigenvalue weighted by Crippen LogP contribution is 2.18. The van der Waals surface area contributed by atoms with Crippen molar-refractivity contribution in [2.75, 3.05) is 33.9 Å². The summed E-state index contributed by atoms with van der Waals surface area (Å²) >= 11 is 0. The first kappa shape index (κ1) is 17.7. The molecule has 2 N–H and O–H groups in total. The second-order valence-corrected chi connectivity index (χ2v) is 5.69. The number of aliphatic carboxylic acids is 1. The largest absolute Gasteiger partial charge is 0.481 e. The summed E-state index contributed by atoms with van der Waals surface area (Å²) in [6.45, 7) is 7.04. The van der Waals surface area contributed by atoms with Gasteiger partial charge < -0.3 is 20.1 Å². The van der Waals surface area contributed by atoms with E-state index in [0.29, 0.717) is 13.2 Å². The molecule has 0 aromatic carbocycles. The third-order valence-corrected chi connectivity index (χ3v) is 3.02. The molecule has 0 aliphatic carbocycles. The first-order valence-corrected chi connectivity index (χ1v) is 6.40. The maximum Gasteiger partial charge on any atom is 0.317 e. The summed E-state index contributed by atoms with van der Waals surface area (Å²) < 4.78 is 5.02. The van der Waals surface area contributed by atoms with Gasteiger partial charge in [0.25, 0.3) is 0 Å². The third kappa shape index (κ3) is 7.66. The molecule has 0 heterocycles. The van der Waals surface area contributed by atoms with Gasteiger partial charge in [-0.1, -0.05) is 20.8 Å². The summed E-state index contributed by atoms with van der Waals surface area (Å²) in [5, 5.41) is 11.6. The second kappa shape index (κ2) is 7.99. The van der Waals surface area contributed by atoms with Crippen molar-refractivity contribution in [3.8, 4) is 0 Å². The molecule has 0 radical (unpaired) electrons. The number of carbonyl (C=O) groups excluding carboxylic acids is 1. The number of urea groups is 1. The molecule has 19 heavy (non-hydrogen) atoms. The van der Waals surface area contributed by atoms with Crippen LogP contribution >= 0.6 is 0 Å². The van der Waals surface area contributed by atoms with Crippen LogP contribution in [0.25, 0.3) is 0 Å². The summed E-state index contributed by atoms with van der Waals surface area (Å²) in [5.74, 6) is -1.47. The van der Waals surface area contributed by atoms with Crippen LogP contribution in [0, 0.1) is 11.3 Å². The number of methoxy groups -OCH3 is 1. The van der Waals surface area contributed by atoms with E-state index < -0.39 is 11.9 Å². The molecule has 6 heteroatoms. The number of hydrogen-bond acceptors (Lipinski definition) is 3. The molecule has 6 nitrogen and oxygen atoms in total. The van der Waals surface area contributed by atoms with Gasteiger partial charge in [-0.25, -0.2) is 4.79 Å². The lowest BCUT2D eigenvalue weighted by molar-refractivity contribution is -0.141. The van der Waals surface area contributed by atoms with Crippen LogP contribution < -0.4 is 5.32 Å². The fourth-order valence-electron chi connectivity index (χ4n) is 1.49. The lowest BCUT2D eigenvalue weighted by Gasteiger charge is -2.27. The Labute approximate surface area is 115 Å². The first-order chi connectivity index (χ1) is 8.69. The lowest BCUT2D eigenvalue weighted by Crippen LogP contribution is -2.44. The van der Waals surface area contributed by atoms with Crippen molar-refractivity contribution >= 4 is 12.0 Å². The number of nitrogens with one attached hydrogen (secondary N) is 1. The van der Waals surface area contributed by atoms with Gasteiger partial charge in [0.05, 0.1) is 5.92 Å². The molecule has 0 saturated heterocycles. The van der Waals surface area contributed by atoms with E-state index in [2.05, 4.69) is 5.32 Å². The number of nitrogens with zero attached hydrogens (tertiary/aromatic N) is 1. The third-order valence-electron chi connectivity index (χ3n) is 3.02. The molecular formula is C13H26N2O4. The Hall–Kier alpha value is -1.30. The fraction of sp³-hybridized carbons (Fsp3) is 0.846. The minimum absolute atomic E-state index is 0.0507. The number of ether oxygens (including phenoxy) is 1. The summed E-state index contributed by atoms with van der Waals surface area (Å²) in [6.07, 6.45) is 0.846. The van der Waals surface area contributed by atoms with Crippen molar-refractivity contribution in [1.29, 1.82) is 0 Å². The Kier molecular flexibility index (Phi) is 7.44. The molecule has 0 fully saturated rings. The van der Waals surface area contributed by atoms with Gasteiger partial charge in [0, 0.05) is 33.9 Å². The van der Waals surface area contributed by atoms with Crippen molar-refractivity contribution in [1.82, 2.24) is 10.2 Å². The molecule has 0 aliphatic rings. The van der Waals surface area contributed by atoms with E-state index in [1.807, 2.05) is 13.8 Å². The summed E-state index contributed by atoms with van der Waals surface area (Å²) in [4.78, 5) is 23.9. The minimum Gasteiger partial charge on any atom is -0.481 e. The van der Waals surface area contributed by atoms with E-state index in [4.69, 9.17) is 9.84 Å². The van der Waals surface area contributed by atoms with Gasteiger partial charge in [-0.3, -0.25) is 4.79 Å². The molecule has 0 saturated carbocycles. The molecule has 0 spiro atoms. The van der Waals surface area contributed by atoms with Crippen molar-refractivity contribution < 1.29 is 19.4 Å². The molecule has 1 unspecified atom stereocenters. The number of carbonyl (C=O) groups is 2. The molecule has 1 atom stereocenters. The van der Waals surface area contributed by atoms with Crippen molar-refractivity contribution in [2.24, 2.45) is 11.3 Å². The average molecular weight is 274 g/mol. The standard InChI is InChI=1S/C13H26N2O4/c1-10(11(16)17)8-15(4)12(18)14-9-13(2,3)6-7-19-5/h10H,6-9H2,1-5H3,(H,14,18)(H,16,17). The maximum absolute atomic E-state index is 11.8. The minimum atomic E-state index is -0.903. The normalized spacial score (nSPS) is 12.9. The number of amides is 2. The zero-order valence-corrected chi connectivity index (χ0v) is 12.5. The van der Waals surface area contributed by atoms with E-state index in [1.54, 1.807) is 21.1 Å². The van der Waals surface area contributed by atoms with E-state index in [1.165, 1.54) is 4.90 Å². The number of carboxylic acids is 1. The number of carboxylic acid groups (broad SMARTS) is 1. The van der Waals surface area contributed by atoms with Crippen LogP contribution in [-0.4, -0.2) is 55.9 Å². The lowest BCUT2D eigenvalue weighted by atomic mass is 9.90. The Bertz CT molecular complexity index is 305. The number of rotatable bonds is 8. The van der Waals surface area contributed by atoms with Crippen LogP contribution in [0.5, 0.6) is 0 Å². The SMILES string of the molecule is COCCC(C)(C)CNC(=O)N(C)CC(C)C(=O)O. The van der Waals surface area contributed by atoms with Crippen molar-refractivity contribution in [2.45, 2.75) is 27.2 Å². The first-order valence-electron chi connectivity index (χ1n) is 6.40. The molecule has 0 aliphatic heterocycles. The van der Waals surface area contributed by atoms with Crippen LogP contribution in [0.1, 0.15) is 27.2 Å². The van der Waals surface area contributed by atoms with E-state index in [9.17, 15) is 9.59 Å². The van der Waals surface area contributed by atoms with Gasteiger partial charge >= 0.3 is 12.0 Å². The van der Waals surface area contributed by atoms with Gasteiger partial charge in [-0.15, -0.1) is 0 Å². The zero-order valence-electron chi connectivity index (χ0n) is 12.5. The molecular weight excluding hydrogens is 248 g/mol. The van der Waals surface area contributed by atoms with Crippen LogP contribution in [0.3, 0.4) is 0 Å². The highest BCUT2D eigenvalue weighted by Gasteiger charge is 2.21. The number of hydrogen-bond donors (Lipinski definition) is 2. The Morgan fingerprint density at radius 1 is 1.42 bits per heavy atom. The van der Waals surface area contributed by atoms with Crippen LogP contribution in [0.4, 0.5) is 4.79 Å². The van der Waals surface area contributed by atoms with Crippen molar-refractivity contribution in [3.05, 3.63) is 0 Å². The Morgan fingerprint density at radius 2 is 2.00 bits per heavy atom. The molecule has 0 aromatic heterocycles. The summed E-state index contributed by atoms with van der Waals surface area (Å²) in [7, 11) is 3.24. The van der Waals surface area contributed by atoms with Gasteiger partial charge in [0.1, 0.15) is 0 Å². The van der Waals surface area contributed by atoms with E-state index in [-0.39, 0.29) is 18.0 Å². The van der Waals surface area contributed by atoms with E-state index >= 15 is 0 Å². The quantitative estimate of drug-likeness (QED) is 0.701. The molecule has 2 amide bonds. The van der Waals surface area contributed by atoms with E-state index in [0.717, 1.165) is 6.42 Å². The molecule has 112 valence electrons. The van der Waals surface area contributed by atoms with Gasteiger partial charge in [0.15, 0.2) is 0 Å². The highest BCUT2D eigenvalue weighted by atomic mass is 16.5. The van der Waals surface area contributed by atoms with Gasteiger partial charge in [-0.05, 0) is 11.8 Å². The van der Waals surface area contributed by atoms with Gasteiger partial charge in [0.2, 0.25) is 0 Å². The monoisotopic (exact) mass is 274 g/mol. The smallest absolute Gasteiger partial charge is 0.317 e. The predicted octanol–water partition coefficient (Wildman–Crippen LogP) is 1.41. The topological polar surface area (TPSA) is 78.9 Å².